The number of benzene rings is 1. The van der Waals surface area contributed by atoms with Gasteiger partial charge < -0.3 is 14.5 Å². The van der Waals surface area contributed by atoms with E-state index in [0.717, 1.165) is 17.7 Å². The number of H-pyrrole nitrogens is 2. The molecule has 8 heteroatoms. The third-order valence-corrected chi connectivity index (χ3v) is 3.23. The predicted molar refractivity (Wildman–Crippen MR) is 92.3 cm³/mol. The second kappa shape index (κ2) is 9.77. The van der Waals surface area contributed by atoms with Crippen molar-refractivity contribution in [3.8, 4) is 0 Å². The fraction of sp³-hybridized carbons (Fsp3) is 0.222. The highest BCUT2D eigenvalue weighted by Gasteiger charge is 2.03. The maximum Gasteiger partial charge on any atom is 0.331 e. The van der Waals surface area contributed by atoms with Gasteiger partial charge in [-0.25, -0.2) is 14.4 Å². The molecule has 1 aromatic heterocycles. The van der Waals surface area contributed by atoms with E-state index < -0.39 is 23.2 Å². The van der Waals surface area contributed by atoms with Gasteiger partial charge in [0.1, 0.15) is 6.61 Å². The summed E-state index contributed by atoms with van der Waals surface area (Å²) in [6.07, 6.45) is 2.77. The average molecular weight is 358 g/mol. The SMILES string of the molecule is O=C(/C=C/C(=O)OCc1ccccc1)OCCCc1cc(=O)[nH]c(=O)[nH]1. The zero-order chi connectivity index (χ0) is 18.8. The van der Waals surface area contributed by atoms with Crippen LogP contribution in [0.5, 0.6) is 0 Å². The van der Waals surface area contributed by atoms with Gasteiger partial charge in [0.25, 0.3) is 5.56 Å². The van der Waals surface area contributed by atoms with Gasteiger partial charge in [-0.1, -0.05) is 30.3 Å². The first-order valence-electron chi connectivity index (χ1n) is 7.91. The molecule has 1 aromatic carbocycles. The van der Waals surface area contributed by atoms with Crippen LogP contribution in [0.25, 0.3) is 0 Å². The van der Waals surface area contributed by atoms with Crippen LogP contribution in [-0.2, 0) is 32.1 Å². The van der Waals surface area contributed by atoms with Gasteiger partial charge >= 0.3 is 17.6 Å². The first-order chi connectivity index (χ1) is 12.5. The monoisotopic (exact) mass is 358 g/mol. The van der Waals surface area contributed by atoms with Crippen molar-refractivity contribution in [2.45, 2.75) is 19.4 Å². The molecule has 0 saturated carbocycles. The Labute approximate surface area is 148 Å². The van der Waals surface area contributed by atoms with Crippen LogP contribution in [0.3, 0.4) is 0 Å². The number of carbonyl (C=O) groups is 2. The van der Waals surface area contributed by atoms with Crippen molar-refractivity contribution in [3.63, 3.8) is 0 Å². The molecule has 0 amide bonds. The molecular formula is C18H18N2O6. The molecule has 0 saturated heterocycles. The summed E-state index contributed by atoms with van der Waals surface area (Å²) < 4.78 is 9.91. The molecule has 0 radical (unpaired) electrons. The Hall–Kier alpha value is -3.42. The molecule has 2 N–H and O–H groups in total. The number of aromatic nitrogens is 2. The van der Waals surface area contributed by atoms with Crippen LogP contribution in [0.2, 0.25) is 0 Å². The Kier molecular flexibility index (Phi) is 7.11. The number of hydrogen-bond donors (Lipinski definition) is 2. The van der Waals surface area contributed by atoms with E-state index in [0.29, 0.717) is 18.5 Å². The van der Waals surface area contributed by atoms with E-state index in [1.807, 2.05) is 30.3 Å². The Morgan fingerprint density at radius 1 is 0.962 bits per heavy atom. The van der Waals surface area contributed by atoms with E-state index in [-0.39, 0.29) is 13.2 Å². The third-order valence-electron chi connectivity index (χ3n) is 3.23. The molecule has 8 nitrogen and oxygen atoms in total. The Bertz CT molecular complexity index is 854. The number of aryl methyl sites for hydroxylation is 1. The highest BCUT2D eigenvalue weighted by atomic mass is 16.5. The van der Waals surface area contributed by atoms with Crippen molar-refractivity contribution in [2.24, 2.45) is 0 Å². The van der Waals surface area contributed by atoms with E-state index in [9.17, 15) is 19.2 Å². The summed E-state index contributed by atoms with van der Waals surface area (Å²) in [7, 11) is 0. The molecule has 0 aliphatic rings. The highest BCUT2D eigenvalue weighted by molar-refractivity contribution is 5.91. The quantitative estimate of drug-likeness (QED) is 0.410. The van der Waals surface area contributed by atoms with Gasteiger partial charge in [-0.15, -0.1) is 0 Å². The maximum atomic E-state index is 11.5. The molecule has 0 aliphatic heterocycles. The number of nitrogens with one attached hydrogen (secondary N) is 2. The topological polar surface area (TPSA) is 118 Å². The molecule has 136 valence electrons. The number of rotatable bonds is 8. The summed E-state index contributed by atoms with van der Waals surface area (Å²) in [5, 5.41) is 0. The number of hydrogen-bond acceptors (Lipinski definition) is 6. The van der Waals surface area contributed by atoms with Crippen LogP contribution in [-0.4, -0.2) is 28.5 Å². The lowest BCUT2D eigenvalue weighted by Crippen LogP contribution is -2.23. The van der Waals surface area contributed by atoms with Crippen molar-refractivity contribution in [1.29, 1.82) is 0 Å². The van der Waals surface area contributed by atoms with E-state index in [1.54, 1.807) is 0 Å². The summed E-state index contributed by atoms with van der Waals surface area (Å²) in [4.78, 5) is 49.8. The average Bonchev–Trinajstić information content (AvgIpc) is 2.62. The van der Waals surface area contributed by atoms with Crippen LogP contribution in [0.15, 0.2) is 58.1 Å². The van der Waals surface area contributed by atoms with Gasteiger partial charge in [0.2, 0.25) is 0 Å². The van der Waals surface area contributed by atoms with Crippen LogP contribution >= 0.6 is 0 Å². The minimum absolute atomic E-state index is 0.0804. The normalized spacial score (nSPS) is 10.6. The van der Waals surface area contributed by atoms with Crippen LogP contribution in [0.4, 0.5) is 0 Å². The van der Waals surface area contributed by atoms with Gasteiger partial charge in [-0.05, 0) is 18.4 Å². The van der Waals surface area contributed by atoms with Crippen molar-refractivity contribution in [3.05, 3.63) is 80.6 Å². The highest BCUT2D eigenvalue weighted by Crippen LogP contribution is 2.01. The zero-order valence-corrected chi connectivity index (χ0v) is 13.9. The van der Waals surface area contributed by atoms with E-state index >= 15 is 0 Å². The van der Waals surface area contributed by atoms with Gasteiger partial charge in [0.15, 0.2) is 0 Å². The predicted octanol–water partition coefficient (Wildman–Crippen LogP) is 0.839. The number of esters is 2. The molecule has 0 unspecified atom stereocenters. The summed E-state index contributed by atoms with van der Waals surface area (Å²) in [6.45, 7) is 0.199. The molecule has 26 heavy (non-hydrogen) atoms. The summed E-state index contributed by atoms with van der Waals surface area (Å²) >= 11 is 0. The minimum atomic E-state index is -0.680. The maximum absolute atomic E-state index is 11.5. The third kappa shape index (κ3) is 7.00. The second-order valence-corrected chi connectivity index (χ2v) is 5.31. The van der Waals surface area contributed by atoms with E-state index in [1.165, 1.54) is 6.07 Å². The first kappa shape index (κ1) is 18.9. The van der Waals surface area contributed by atoms with Gasteiger partial charge in [-0.2, -0.15) is 0 Å². The lowest BCUT2D eigenvalue weighted by Gasteiger charge is -2.03. The smallest absolute Gasteiger partial charge is 0.331 e. The minimum Gasteiger partial charge on any atom is -0.463 e. The molecule has 0 spiro atoms. The Morgan fingerprint density at radius 3 is 2.35 bits per heavy atom. The molecule has 2 rings (SSSR count). The molecule has 0 aliphatic carbocycles. The Balaban J connectivity index is 1.66. The molecule has 2 aromatic rings. The van der Waals surface area contributed by atoms with Crippen LogP contribution in [0.1, 0.15) is 17.7 Å². The van der Waals surface area contributed by atoms with E-state index in [2.05, 4.69) is 9.97 Å². The lowest BCUT2D eigenvalue weighted by atomic mass is 10.2. The summed E-state index contributed by atoms with van der Waals surface area (Å²) in [5.74, 6) is -1.33. The van der Waals surface area contributed by atoms with Crippen molar-refractivity contribution < 1.29 is 19.1 Å². The standard InChI is InChI=1S/C18H18N2O6/c21-15-11-14(19-18(24)20-15)7-4-10-25-16(22)8-9-17(23)26-12-13-5-2-1-3-6-13/h1-3,5-6,8-9,11H,4,7,10,12H2,(H2,19,20,21,24)/b9-8+. The van der Waals surface area contributed by atoms with E-state index in [4.69, 9.17) is 9.47 Å². The number of aromatic amines is 2. The van der Waals surface area contributed by atoms with Gasteiger partial charge in [0, 0.05) is 23.9 Å². The first-order valence-corrected chi connectivity index (χ1v) is 7.91. The number of carbonyl (C=O) groups excluding carboxylic acids is 2. The number of ether oxygens (including phenoxy) is 2. The van der Waals surface area contributed by atoms with Crippen LogP contribution < -0.4 is 11.2 Å². The molecule has 1 heterocycles. The molecule has 0 bridgehead atoms. The fourth-order valence-electron chi connectivity index (χ4n) is 2.05. The Morgan fingerprint density at radius 2 is 1.65 bits per heavy atom. The molecular weight excluding hydrogens is 340 g/mol. The van der Waals surface area contributed by atoms with Crippen molar-refractivity contribution >= 4 is 11.9 Å². The molecule has 0 atom stereocenters. The summed E-state index contributed by atoms with van der Waals surface area (Å²) in [5.41, 5.74) is 0.226. The molecule has 0 fully saturated rings. The zero-order valence-electron chi connectivity index (χ0n) is 13.9. The fourth-order valence-corrected chi connectivity index (χ4v) is 2.05. The largest absolute Gasteiger partial charge is 0.463 e. The van der Waals surface area contributed by atoms with Crippen molar-refractivity contribution in [2.75, 3.05) is 6.61 Å². The van der Waals surface area contributed by atoms with Gasteiger partial charge in [0.05, 0.1) is 6.61 Å². The second-order valence-electron chi connectivity index (χ2n) is 5.31. The summed E-state index contributed by atoms with van der Waals surface area (Å²) in [6, 6.07) is 10.4. The van der Waals surface area contributed by atoms with Gasteiger partial charge in [-0.3, -0.25) is 9.78 Å². The lowest BCUT2D eigenvalue weighted by molar-refractivity contribution is -0.141. The van der Waals surface area contributed by atoms with Crippen molar-refractivity contribution in [1.82, 2.24) is 9.97 Å². The van der Waals surface area contributed by atoms with Crippen LogP contribution in [0, 0.1) is 0 Å².